The van der Waals surface area contributed by atoms with E-state index in [9.17, 15) is 0 Å². The summed E-state index contributed by atoms with van der Waals surface area (Å²) in [4.78, 5) is 7.40. The lowest BCUT2D eigenvalue weighted by atomic mass is 9.33. The molecule has 9 aromatic carbocycles. The van der Waals surface area contributed by atoms with Gasteiger partial charge in [-0.1, -0.05) is 145 Å². The van der Waals surface area contributed by atoms with Crippen LogP contribution in [0.15, 0.2) is 212 Å². The molecule has 0 fully saturated rings. The number of para-hydroxylation sites is 2. The predicted octanol–water partition coefficient (Wildman–Crippen LogP) is 13.0. The van der Waals surface area contributed by atoms with Crippen molar-refractivity contribution in [2.24, 2.45) is 0 Å². The van der Waals surface area contributed by atoms with Crippen LogP contribution in [-0.4, -0.2) is 6.71 Å². The van der Waals surface area contributed by atoms with Crippen molar-refractivity contribution in [2.45, 2.75) is 19.8 Å². The molecule has 0 bridgehead atoms. The molecule has 1 aliphatic carbocycles. The quantitative estimate of drug-likeness (QED) is 0.156. The van der Waals surface area contributed by atoms with E-state index < -0.39 is 0 Å². The van der Waals surface area contributed by atoms with Crippen LogP contribution in [0.1, 0.15) is 33.7 Å². The van der Waals surface area contributed by atoms with Crippen LogP contribution in [0.4, 0.5) is 51.2 Å². The first-order valence-electron chi connectivity index (χ1n) is 21.3. The standard InChI is InChI=1S/C57H42BN3/c1-38-25-28-43(29-26-38)60-52-34-27-39(2)35-51(52)58-50-33-31-45(37-55(50)61(42-19-10-5-11-20-42)54-24-14-23-53(60)57(54)58)59(41-17-8-4-9-18-41)44-30-32-48-49(36-44)46-21-12-13-22-47(46)56(48)40-15-6-3-7-16-40/h3-37,56H,1-2H3. The molecule has 9 aromatic rings. The topological polar surface area (TPSA) is 9.72 Å². The zero-order chi connectivity index (χ0) is 40.6. The van der Waals surface area contributed by atoms with Gasteiger partial charge in [0.2, 0.25) is 0 Å². The third-order valence-electron chi connectivity index (χ3n) is 13.0. The Bertz CT molecular complexity index is 3130. The van der Waals surface area contributed by atoms with E-state index >= 15 is 0 Å². The van der Waals surface area contributed by atoms with Gasteiger partial charge in [0.15, 0.2) is 0 Å². The van der Waals surface area contributed by atoms with E-state index in [-0.39, 0.29) is 12.6 Å². The lowest BCUT2D eigenvalue weighted by Gasteiger charge is -2.44. The minimum Gasteiger partial charge on any atom is -0.311 e. The Kier molecular flexibility index (Phi) is 8.14. The molecule has 0 N–H and O–H groups in total. The van der Waals surface area contributed by atoms with Gasteiger partial charge in [-0.15, -0.1) is 0 Å². The van der Waals surface area contributed by atoms with Crippen LogP contribution in [0.5, 0.6) is 0 Å². The fraction of sp³-hybridized carbons (Fsp3) is 0.0526. The maximum atomic E-state index is 2.49. The van der Waals surface area contributed by atoms with Crippen molar-refractivity contribution in [2.75, 3.05) is 14.7 Å². The molecule has 0 spiro atoms. The largest absolute Gasteiger partial charge is 0.311 e. The molecule has 4 heteroatoms. The normalized spacial score (nSPS) is 14.1. The molecule has 0 saturated heterocycles. The highest BCUT2D eigenvalue weighted by molar-refractivity contribution is 7.00. The molecule has 61 heavy (non-hydrogen) atoms. The van der Waals surface area contributed by atoms with E-state index in [0.29, 0.717) is 0 Å². The lowest BCUT2D eigenvalue weighted by molar-refractivity contribution is 1.01. The Morgan fingerprint density at radius 2 is 1.00 bits per heavy atom. The summed E-state index contributed by atoms with van der Waals surface area (Å²) in [5.74, 6) is 0.198. The van der Waals surface area contributed by atoms with Gasteiger partial charge in [0.25, 0.3) is 6.71 Å². The van der Waals surface area contributed by atoms with Crippen molar-refractivity contribution in [1.29, 1.82) is 0 Å². The van der Waals surface area contributed by atoms with E-state index in [4.69, 9.17) is 0 Å². The number of hydrogen-bond acceptors (Lipinski definition) is 3. The first kappa shape index (κ1) is 35.4. The lowest BCUT2D eigenvalue weighted by Crippen LogP contribution is -2.61. The highest BCUT2D eigenvalue weighted by Crippen LogP contribution is 2.51. The van der Waals surface area contributed by atoms with Gasteiger partial charge in [0, 0.05) is 57.1 Å². The van der Waals surface area contributed by atoms with Crippen LogP contribution in [-0.2, 0) is 0 Å². The molecule has 1 atom stereocenters. The van der Waals surface area contributed by atoms with Crippen LogP contribution in [0.3, 0.4) is 0 Å². The second-order valence-corrected chi connectivity index (χ2v) is 16.7. The predicted molar refractivity (Wildman–Crippen MR) is 257 cm³/mol. The summed E-state index contributed by atoms with van der Waals surface area (Å²) in [5.41, 5.74) is 23.6. The van der Waals surface area contributed by atoms with Gasteiger partial charge < -0.3 is 14.7 Å². The molecule has 0 aromatic heterocycles. The molecule has 3 nitrogen and oxygen atoms in total. The fourth-order valence-corrected chi connectivity index (χ4v) is 10.4. The van der Waals surface area contributed by atoms with Gasteiger partial charge in [-0.3, -0.25) is 0 Å². The van der Waals surface area contributed by atoms with E-state index in [1.807, 2.05) is 0 Å². The van der Waals surface area contributed by atoms with Gasteiger partial charge in [-0.2, -0.15) is 0 Å². The van der Waals surface area contributed by atoms with Crippen molar-refractivity contribution >= 4 is 74.3 Å². The van der Waals surface area contributed by atoms with E-state index in [2.05, 4.69) is 241 Å². The van der Waals surface area contributed by atoms with Crippen molar-refractivity contribution in [3.8, 4) is 11.1 Å². The number of aryl methyl sites for hydroxylation is 2. The Morgan fingerprint density at radius 3 is 1.77 bits per heavy atom. The molecule has 0 amide bonds. The Balaban J connectivity index is 1.07. The summed E-state index contributed by atoms with van der Waals surface area (Å²) < 4.78 is 0. The summed E-state index contributed by atoms with van der Waals surface area (Å²) in [7, 11) is 0. The van der Waals surface area contributed by atoms with Crippen LogP contribution >= 0.6 is 0 Å². The summed E-state index contributed by atoms with van der Waals surface area (Å²) in [5, 5.41) is 0. The van der Waals surface area contributed by atoms with Crippen LogP contribution in [0.2, 0.25) is 0 Å². The summed E-state index contributed by atoms with van der Waals surface area (Å²) >= 11 is 0. The maximum Gasteiger partial charge on any atom is 0.252 e. The zero-order valence-electron chi connectivity index (χ0n) is 34.2. The highest BCUT2D eigenvalue weighted by atomic mass is 15.2. The third-order valence-corrected chi connectivity index (χ3v) is 13.0. The van der Waals surface area contributed by atoms with Crippen LogP contribution in [0.25, 0.3) is 11.1 Å². The summed E-state index contributed by atoms with van der Waals surface area (Å²) in [6.45, 7) is 4.42. The van der Waals surface area contributed by atoms with Crippen LogP contribution in [0, 0.1) is 13.8 Å². The van der Waals surface area contributed by atoms with Gasteiger partial charge in [-0.25, -0.2) is 0 Å². The molecule has 12 rings (SSSR count). The monoisotopic (exact) mass is 779 g/mol. The van der Waals surface area contributed by atoms with E-state index in [1.54, 1.807) is 0 Å². The van der Waals surface area contributed by atoms with Gasteiger partial charge >= 0.3 is 0 Å². The van der Waals surface area contributed by atoms with Gasteiger partial charge in [0.1, 0.15) is 0 Å². The second-order valence-electron chi connectivity index (χ2n) is 16.7. The number of benzene rings is 9. The Hall–Kier alpha value is -7.56. The molecule has 288 valence electrons. The molecular weight excluding hydrogens is 737 g/mol. The highest BCUT2D eigenvalue weighted by Gasteiger charge is 2.43. The Morgan fingerprint density at radius 1 is 0.393 bits per heavy atom. The van der Waals surface area contributed by atoms with Crippen molar-refractivity contribution in [3.05, 3.63) is 240 Å². The minimum absolute atomic E-state index is 0.0448. The maximum absolute atomic E-state index is 2.49. The van der Waals surface area contributed by atoms with Crippen molar-refractivity contribution in [1.82, 2.24) is 0 Å². The minimum atomic E-state index is 0.0448. The van der Waals surface area contributed by atoms with Gasteiger partial charge in [-0.05, 0) is 137 Å². The molecule has 3 aliphatic rings. The molecular formula is C57H42BN3. The van der Waals surface area contributed by atoms with Crippen molar-refractivity contribution < 1.29 is 0 Å². The molecule has 0 radical (unpaired) electrons. The number of nitrogens with zero attached hydrogens (tertiary/aromatic N) is 3. The molecule has 2 heterocycles. The van der Waals surface area contributed by atoms with Crippen molar-refractivity contribution in [3.63, 3.8) is 0 Å². The Labute approximate surface area is 358 Å². The summed E-state index contributed by atoms with van der Waals surface area (Å²) in [6.07, 6.45) is 0. The molecule has 2 aliphatic heterocycles. The third kappa shape index (κ3) is 5.59. The average molecular weight is 780 g/mol. The number of fused-ring (bicyclic) bond motifs is 7. The SMILES string of the molecule is Cc1ccc(N2c3ccc(C)cc3B3c4ccc(N(c5ccccc5)c5ccc6c(c5)-c5ccccc5C6c5ccccc5)cc4N(c4ccccc4)c4cccc2c43)cc1. The smallest absolute Gasteiger partial charge is 0.252 e. The van der Waals surface area contributed by atoms with E-state index in [0.717, 1.165) is 22.7 Å². The molecule has 1 unspecified atom stereocenters. The first-order chi connectivity index (χ1) is 30.1. The second kappa shape index (κ2) is 14.0. The van der Waals surface area contributed by atoms with Gasteiger partial charge in [0.05, 0.1) is 0 Å². The number of hydrogen-bond donors (Lipinski definition) is 0. The number of rotatable bonds is 6. The molecule has 0 saturated carbocycles. The number of anilines is 9. The first-order valence-corrected chi connectivity index (χ1v) is 21.3. The van der Waals surface area contributed by atoms with Crippen LogP contribution < -0.4 is 31.1 Å². The average Bonchev–Trinajstić information content (AvgIpc) is 3.64. The summed E-state index contributed by atoms with van der Waals surface area (Å²) in [6, 6.07) is 78.7. The fourth-order valence-electron chi connectivity index (χ4n) is 10.4. The zero-order valence-corrected chi connectivity index (χ0v) is 34.2. The van der Waals surface area contributed by atoms with E-state index in [1.165, 1.54) is 83.8 Å².